The van der Waals surface area contributed by atoms with Crippen molar-refractivity contribution >= 4 is 111 Å². The molecular formula is C109H86N8O4+4. The molecule has 0 atom stereocenters. The molecule has 12 aromatic carbocycles. The lowest BCUT2D eigenvalue weighted by Crippen LogP contribution is -2.35. The maximum absolute atomic E-state index is 8.81. The Morgan fingerprint density at radius 1 is 0.281 bits per heavy atom. The number of aromatic nitrogens is 4. The van der Waals surface area contributed by atoms with Crippen molar-refractivity contribution in [2.45, 2.75) is 62.3 Å². The van der Waals surface area contributed by atoms with E-state index >= 15 is 0 Å². The van der Waals surface area contributed by atoms with Crippen molar-refractivity contribution in [3.8, 4) is 89.5 Å². The van der Waals surface area contributed by atoms with Gasteiger partial charge in [0.25, 0.3) is 0 Å². The fraction of sp³-hybridized carbons (Fsp3) is 0.119. The van der Waals surface area contributed by atoms with Gasteiger partial charge >= 0.3 is 0 Å². The number of rotatable bonds is 8. The van der Waals surface area contributed by atoms with Crippen LogP contribution in [0.2, 0.25) is 0 Å². The Morgan fingerprint density at radius 2 is 0.686 bits per heavy atom. The molecule has 0 amide bonds. The second-order valence-electron chi connectivity index (χ2n) is 30.9. The maximum atomic E-state index is 8.81. The Morgan fingerprint density at radius 3 is 1.22 bits per heavy atom. The molecule has 0 unspecified atom stereocenters. The molecule has 0 aliphatic carbocycles. The average molecular weight is 1580 g/mol. The lowest BCUT2D eigenvalue weighted by molar-refractivity contribution is -0.666. The first kappa shape index (κ1) is 71.9. The number of furan rings is 4. The molecule has 0 saturated carbocycles. The van der Waals surface area contributed by atoms with Gasteiger partial charge in [-0.1, -0.05) is 200 Å². The van der Waals surface area contributed by atoms with E-state index in [-0.39, 0.29) is 0 Å². The monoisotopic (exact) mass is 1580 g/mol. The number of aryl methyl sites for hydroxylation is 10. The van der Waals surface area contributed by atoms with Gasteiger partial charge in [-0.2, -0.15) is 4.57 Å². The zero-order chi connectivity index (χ0) is 88.5. The summed E-state index contributed by atoms with van der Waals surface area (Å²) < 4.78 is 75.1. The summed E-state index contributed by atoms with van der Waals surface area (Å²) in [6.45, 7) is 48.7. The van der Waals surface area contributed by atoms with Gasteiger partial charge in [-0.3, -0.25) is 0 Å². The lowest BCUT2D eigenvalue weighted by Gasteiger charge is -2.11. The van der Waals surface area contributed by atoms with E-state index in [0.29, 0.717) is 86.4 Å². The van der Waals surface area contributed by atoms with Crippen LogP contribution in [0.15, 0.2) is 303 Å². The summed E-state index contributed by atoms with van der Waals surface area (Å²) in [6, 6.07) is 81.0. The van der Waals surface area contributed by atoms with Crippen molar-refractivity contribution < 1.29 is 42.8 Å². The van der Waals surface area contributed by atoms with E-state index in [1.54, 1.807) is 6.07 Å². The SMILES string of the molecule is [2H]c1c(C)c([2H])c(-c2c(C)ccc3c2oc2c([N+]#[C-])c(-c4ccccc4)ccc23)[n+](C)c1C.[2H]c1c[n+](C)c(-c2c(C)cc(-c3ccccc3)c3c2oc2c([N+]#[C-])cccc23)cc1C.[2H]c1c[n+](C)c(-c2c(C)ccc3c2oc2c([N+]#[C-])cc(-c4ccccc4)cc23)cc1C.[2H]c1c[n+](C)c(-c2c(C)ccc3c2oc2c([N+]#[C-])ccc(-c4ccccc4)c23)cc1C. The standard InChI is InChI=1S/C28H23N2O.3C27H21N2O/c1-17-15-19(3)30(5)24(16-17)25-18(2)11-12-22-23-14-13-21(20-9-7-6-8-10-20)26(29-4)28(23)31-27(22)25;1-17-13-14-29(4)23(15-17)24-18(2)16-21(19-9-6-5-7-10-19)25-20-11-8-12-22(28-3)26(20)30-27(24)25;1-17-12-13-29(4)24(14-17)25-18(2)10-11-21-22-15-20(19-8-6-5-7-9-19)16-23(28-3)26(22)30-27(21)25;1-17-14-15-29(4)23(16-17)24-18(2)10-11-21-25-20(19-8-6-5-7-9-19)12-13-22(28-3)27(25)30-26(21)24/h6-16H,1-3,5H3;3*5-16H,1-2,4H3/q4*+1/i15D,16D;13D;12D;14D. The second kappa shape index (κ2) is 32.1. The summed E-state index contributed by atoms with van der Waals surface area (Å²) >= 11 is 0. The van der Waals surface area contributed by atoms with E-state index in [4.69, 9.17) is 50.8 Å². The lowest BCUT2D eigenvalue weighted by atomic mass is 9.92. The Hall–Kier alpha value is -15.6. The van der Waals surface area contributed by atoms with E-state index in [9.17, 15) is 0 Å². The molecule has 0 saturated heterocycles. The number of benzene rings is 12. The minimum Gasteiger partial charge on any atom is -0.466 e. The van der Waals surface area contributed by atoms with E-state index in [1.807, 2.05) is 264 Å². The first-order chi connectivity index (χ1) is 60.8. The molecule has 0 spiro atoms. The van der Waals surface area contributed by atoms with Crippen molar-refractivity contribution in [2.24, 2.45) is 28.2 Å². The fourth-order valence-electron chi connectivity index (χ4n) is 16.7. The molecule has 0 radical (unpaired) electrons. The van der Waals surface area contributed by atoms with Crippen LogP contribution in [0.1, 0.15) is 57.1 Å². The van der Waals surface area contributed by atoms with Crippen LogP contribution in [0, 0.1) is 88.6 Å². The summed E-state index contributed by atoms with van der Waals surface area (Å²) in [7, 11) is 7.75. The van der Waals surface area contributed by atoms with Gasteiger partial charge in [0.1, 0.15) is 72.9 Å². The van der Waals surface area contributed by atoms with Crippen molar-refractivity contribution in [2.75, 3.05) is 0 Å². The highest BCUT2D eigenvalue weighted by atomic mass is 16.3. The molecule has 12 heteroatoms. The third-order valence-electron chi connectivity index (χ3n) is 22.9. The van der Waals surface area contributed by atoms with Gasteiger partial charge in [0.15, 0.2) is 24.3 Å². The quantitative estimate of drug-likeness (QED) is 0.112. The highest BCUT2D eigenvalue weighted by molar-refractivity contribution is 6.21. The highest BCUT2D eigenvalue weighted by Crippen LogP contribution is 2.50. The van der Waals surface area contributed by atoms with Gasteiger partial charge in [-0.15, -0.1) is 0 Å². The van der Waals surface area contributed by atoms with Crippen molar-refractivity contribution in [3.05, 3.63) is 381 Å². The van der Waals surface area contributed by atoms with Crippen molar-refractivity contribution in [3.63, 3.8) is 0 Å². The van der Waals surface area contributed by atoms with Gasteiger partial charge in [-0.05, 0) is 163 Å². The smallest absolute Gasteiger partial charge is 0.237 e. The Kier molecular flexibility index (Phi) is 19.1. The number of fused-ring (bicyclic) bond motifs is 12. The Balaban J connectivity index is 0.000000119. The molecule has 121 heavy (non-hydrogen) atoms. The Labute approximate surface area is 710 Å². The summed E-state index contributed by atoms with van der Waals surface area (Å²) in [5, 5.41) is 7.65. The van der Waals surface area contributed by atoms with Crippen LogP contribution in [0.5, 0.6) is 0 Å². The molecule has 0 fully saturated rings. The molecular weight excluding hydrogens is 1490 g/mol. The summed E-state index contributed by atoms with van der Waals surface area (Å²) in [4.78, 5) is 15.0. The molecule has 0 N–H and O–H groups in total. The number of nitrogens with zero attached hydrogens (tertiary/aromatic N) is 8. The highest BCUT2D eigenvalue weighted by Gasteiger charge is 2.30. The molecule has 12 nitrogen and oxygen atoms in total. The van der Waals surface area contributed by atoms with E-state index < -0.39 is 0 Å². The maximum Gasteiger partial charge on any atom is 0.237 e. The molecule has 20 aromatic rings. The van der Waals surface area contributed by atoms with Crippen molar-refractivity contribution in [1.82, 2.24) is 0 Å². The summed E-state index contributed by atoms with van der Waals surface area (Å²) in [6.07, 6.45) is 5.48. The zero-order valence-electron chi connectivity index (χ0n) is 74.5. The van der Waals surface area contributed by atoms with E-state index in [0.717, 1.165) is 194 Å². The third-order valence-corrected chi connectivity index (χ3v) is 22.9. The Bertz CT molecular complexity index is 8070. The summed E-state index contributed by atoms with van der Waals surface area (Å²) in [5.74, 6) is 0. The van der Waals surface area contributed by atoms with E-state index in [2.05, 4.69) is 113 Å². The van der Waals surface area contributed by atoms with Crippen LogP contribution < -0.4 is 18.3 Å². The predicted molar refractivity (Wildman–Crippen MR) is 491 cm³/mol. The van der Waals surface area contributed by atoms with E-state index in [1.165, 1.54) is 0 Å². The molecule has 20 rings (SSSR count). The van der Waals surface area contributed by atoms with Crippen LogP contribution in [0.3, 0.4) is 0 Å². The fourth-order valence-corrected chi connectivity index (χ4v) is 16.7. The van der Waals surface area contributed by atoms with Crippen molar-refractivity contribution in [1.29, 1.82) is 0 Å². The topological polar surface area (TPSA) is 85.5 Å². The van der Waals surface area contributed by atoms with Crippen LogP contribution in [0.25, 0.3) is 197 Å². The number of hydrogen-bond acceptors (Lipinski definition) is 4. The first-order valence-corrected chi connectivity index (χ1v) is 39.9. The molecule has 582 valence electrons. The minimum atomic E-state index is 0.319. The molecule has 8 heterocycles. The zero-order valence-corrected chi connectivity index (χ0v) is 69.5. The van der Waals surface area contributed by atoms with Crippen LogP contribution in [-0.2, 0) is 28.2 Å². The van der Waals surface area contributed by atoms with Crippen LogP contribution in [0.4, 0.5) is 22.7 Å². The van der Waals surface area contributed by atoms with Crippen LogP contribution in [-0.4, -0.2) is 0 Å². The largest absolute Gasteiger partial charge is 0.466 e. The average Bonchev–Trinajstić information content (AvgIpc) is 1.57. The number of pyridine rings is 4. The third kappa shape index (κ3) is 14.1. The van der Waals surface area contributed by atoms with Gasteiger partial charge in [-0.25, -0.2) is 33.1 Å². The van der Waals surface area contributed by atoms with Gasteiger partial charge < -0.3 is 17.7 Å². The van der Waals surface area contributed by atoms with Gasteiger partial charge in [0.05, 0.1) is 55.4 Å². The normalized spacial score (nSPS) is 11.7. The predicted octanol–water partition coefficient (Wildman–Crippen LogP) is 28.0. The molecule has 0 aliphatic heterocycles. The first-order valence-electron chi connectivity index (χ1n) is 42.4. The second-order valence-corrected chi connectivity index (χ2v) is 30.9. The number of hydrogen-bond donors (Lipinski definition) is 0. The van der Waals surface area contributed by atoms with Crippen LogP contribution >= 0.6 is 0 Å². The molecule has 0 bridgehead atoms. The molecule has 8 aromatic heterocycles. The molecule has 0 aliphatic rings. The van der Waals surface area contributed by atoms with Gasteiger partial charge in [0.2, 0.25) is 45.5 Å². The van der Waals surface area contributed by atoms with Gasteiger partial charge in [0, 0.05) is 98.4 Å². The minimum absolute atomic E-state index is 0.319. The summed E-state index contributed by atoms with van der Waals surface area (Å²) in [5.41, 5.74) is 31.6. The number of para-hydroxylation sites is 1.